The lowest BCUT2D eigenvalue weighted by atomic mass is 9.87. The fourth-order valence-electron chi connectivity index (χ4n) is 3.15. The predicted molar refractivity (Wildman–Crippen MR) is 69.6 cm³/mol. The molecular formula is C13H15F3N2O2S. The van der Waals surface area contributed by atoms with Gasteiger partial charge in [-0.2, -0.15) is 4.31 Å². The summed E-state index contributed by atoms with van der Waals surface area (Å²) in [4.78, 5) is -1.06. The molecule has 1 N–H and O–H groups in total. The van der Waals surface area contributed by atoms with Gasteiger partial charge in [0, 0.05) is 31.8 Å². The van der Waals surface area contributed by atoms with Crippen LogP contribution in [0.25, 0.3) is 0 Å². The fourth-order valence-corrected chi connectivity index (χ4v) is 4.79. The van der Waals surface area contributed by atoms with E-state index in [2.05, 4.69) is 5.32 Å². The highest BCUT2D eigenvalue weighted by molar-refractivity contribution is 7.89. The Morgan fingerprint density at radius 1 is 1.14 bits per heavy atom. The zero-order valence-corrected chi connectivity index (χ0v) is 12.0. The number of nitrogens with zero attached hydrogens (tertiary/aromatic N) is 1. The second-order valence-corrected chi connectivity index (χ2v) is 7.59. The summed E-state index contributed by atoms with van der Waals surface area (Å²) in [6.07, 6.45) is 1.50. The number of rotatable bonds is 2. The van der Waals surface area contributed by atoms with E-state index < -0.39 is 32.4 Å². The van der Waals surface area contributed by atoms with Crippen molar-refractivity contribution in [3.8, 4) is 0 Å². The van der Waals surface area contributed by atoms with Gasteiger partial charge in [-0.05, 0) is 24.8 Å². The van der Waals surface area contributed by atoms with Crippen molar-refractivity contribution >= 4 is 10.0 Å². The van der Waals surface area contributed by atoms with E-state index >= 15 is 0 Å². The fraction of sp³-hybridized carbons (Fsp3) is 0.538. The molecule has 0 amide bonds. The number of nitrogens with one attached hydrogen (secondary N) is 1. The second kappa shape index (κ2) is 4.96. The Kier molecular flexibility index (Phi) is 3.50. The summed E-state index contributed by atoms with van der Waals surface area (Å²) in [7, 11) is -4.29. The summed E-state index contributed by atoms with van der Waals surface area (Å²) in [5.41, 5.74) is -0.153. The molecule has 1 aromatic carbocycles. The van der Waals surface area contributed by atoms with Gasteiger partial charge in [0.15, 0.2) is 4.90 Å². The molecule has 2 fully saturated rings. The summed E-state index contributed by atoms with van der Waals surface area (Å²) in [6.45, 7) is 1.97. The Bertz CT molecular complexity index is 649. The summed E-state index contributed by atoms with van der Waals surface area (Å²) in [5, 5.41) is 3.18. The third kappa shape index (κ3) is 2.45. The van der Waals surface area contributed by atoms with Crippen molar-refractivity contribution in [1.29, 1.82) is 0 Å². The highest BCUT2D eigenvalue weighted by atomic mass is 32.2. The first-order valence-electron chi connectivity index (χ1n) is 6.70. The molecule has 0 saturated carbocycles. The van der Waals surface area contributed by atoms with Crippen molar-refractivity contribution < 1.29 is 21.6 Å². The number of hydrogen-bond acceptors (Lipinski definition) is 3. The van der Waals surface area contributed by atoms with Gasteiger partial charge in [-0.15, -0.1) is 0 Å². The van der Waals surface area contributed by atoms with Crippen LogP contribution in [-0.4, -0.2) is 38.9 Å². The summed E-state index contributed by atoms with van der Waals surface area (Å²) < 4.78 is 66.3. The molecule has 116 valence electrons. The first-order valence-corrected chi connectivity index (χ1v) is 8.14. The Morgan fingerprint density at radius 3 is 2.38 bits per heavy atom. The van der Waals surface area contributed by atoms with Gasteiger partial charge in [-0.3, -0.25) is 0 Å². The molecule has 1 unspecified atom stereocenters. The van der Waals surface area contributed by atoms with Crippen molar-refractivity contribution in [2.45, 2.75) is 17.7 Å². The molecule has 1 atom stereocenters. The first-order chi connectivity index (χ1) is 9.84. The van der Waals surface area contributed by atoms with E-state index in [1.54, 1.807) is 0 Å². The Labute approximate surface area is 121 Å². The molecule has 1 aromatic rings. The highest BCUT2D eigenvalue weighted by Gasteiger charge is 2.45. The minimum Gasteiger partial charge on any atom is -0.316 e. The molecule has 21 heavy (non-hydrogen) atoms. The standard InChI is InChI=1S/C13H15F3N2O2S/c14-9-5-10(15)12(11(16)6-9)21(19,20)18-4-2-13(8-18)1-3-17-7-13/h5-6,17H,1-4,7-8H2. The van der Waals surface area contributed by atoms with Crippen LogP contribution in [0.4, 0.5) is 13.2 Å². The lowest BCUT2D eigenvalue weighted by Crippen LogP contribution is -2.34. The van der Waals surface area contributed by atoms with Gasteiger partial charge in [0.25, 0.3) is 0 Å². The first kappa shape index (κ1) is 14.8. The maximum Gasteiger partial charge on any atom is 0.248 e. The lowest BCUT2D eigenvalue weighted by molar-refractivity contribution is 0.336. The molecule has 0 aromatic heterocycles. The molecule has 1 spiro atoms. The van der Waals surface area contributed by atoms with Crippen LogP contribution < -0.4 is 5.32 Å². The topological polar surface area (TPSA) is 49.4 Å². The van der Waals surface area contributed by atoms with E-state index in [0.29, 0.717) is 25.1 Å². The molecule has 2 aliphatic heterocycles. The SMILES string of the molecule is O=S(=O)(c1c(F)cc(F)cc1F)N1CCC2(CCNC2)C1. The lowest BCUT2D eigenvalue weighted by Gasteiger charge is -2.22. The van der Waals surface area contributed by atoms with Crippen LogP contribution in [0.15, 0.2) is 17.0 Å². The minimum atomic E-state index is -4.29. The zero-order valence-electron chi connectivity index (χ0n) is 11.2. The quantitative estimate of drug-likeness (QED) is 0.898. The van der Waals surface area contributed by atoms with E-state index in [-0.39, 0.29) is 18.5 Å². The Balaban J connectivity index is 1.95. The maximum atomic E-state index is 13.7. The molecule has 0 aliphatic carbocycles. The molecule has 2 heterocycles. The van der Waals surface area contributed by atoms with Crippen LogP contribution in [0.1, 0.15) is 12.8 Å². The normalized spacial score (nSPS) is 26.8. The number of sulfonamides is 1. The van der Waals surface area contributed by atoms with Gasteiger partial charge in [-0.25, -0.2) is 21.6 Å². The molecular weight excluding hydrogens is 305 g/mol. The van der Waals surface area contributed by atoms with Gasteiger partial charge >= 0.3 is 0 Å². The van der Waals surface area contributed by atoms with Crippen molar-refractivity contribution in [3.63, 3.8) is 0 Å². The number of halogens is 3. The molecule has 0 bridgehead atoms. The van der Waals surface area contributed by atoms with E-state index in [1.807, 2.05) is 0 Å². The molecule has 3 rings (SSSR count). The average Bonchev–Trinajstić information content (AvgIpc) is 2.99. The second-order valence-electron chi connectivity index (χ2n) is 5.71. The zero-order chi connectivity index (χ0) is 15.3. The predicted octanol–water partition coefficient (Wildman–Crippen LogP) is 1.48. The number of hydrogen-bond donors (Lipinski definition) is 1. The average molecular weight is 320 g/mol. The van der Waals surface area contributed by atoms with Crippen molar-refractivity contribution in [2.75, 3.05) is 26.2 Å². The number of benzene rings is 1. The third-order valence-corrected chi connectivity index (χ3v) is 6.19. The van der Waals surface area contributed by atoms with Gasteiger partial charge < -0.3 is 5.32 Å². The van der Waals surface area contributed by atoms with E-state index in [1.165, 1.54) is 0 Å². The smallest absolute Gasteiger partial charge is 0.248 e. The van der Waals surface area contributed by atoms with Gasteiger partial charge in [0.1, 0.15) is 17.5 Å². The molecule has 2 saturated heterocycles. The van der Waals surface area contributed by atoms with E-state index in [9.17, 15) is 21.6 Å². The van der Waals surface area contributed by atoms with Gasteiger partial charge in [0.05, 0.1) is 0 Å². The monoisotopic (exact) mass is 320 g/mol. The Morgan fingerprint density at radius 2 is 1.81 bits per heavy atom. The molecule has 4 nitrogen and oxygen atoms in total. The van der Waals surface area contributed by atoms with Crippen LogP contribution >= 0.6 is 0 Å². The van der Waals surface area contributed by atoms with Gasteiger partial charge in [-0.1, -0.05) is 0 Å². The van der Waals surface area contributed by atoms with Crippen molar-refractivity contribution in [2.24, 2.45) is 5.41 Å². The van der Waals surface area contributed by atoms with Crippen LogP contribution in [0.3, 0.4) is 0 Å². The van der Waals surface area contributed by atoms with Crippen LogP contribution in [-0.2, 0) is 10.0 Å². The van der Waals surface area contributed by atoms with E-state index in [0.717, 1.165) is 17.3 Å². The molecule has 2 aliphatic rings. The largest absolute Gasteiger partial charge is 0.316 e. The highest BCUT2D eigenvalue weighted by Crippen LogP contribution is 2.39. The summed E-state index contributed by atoms with van der Waals surface area (Å²) >= 11 is 0. The van der Waals surface area contributed by atoms with Crippen LogP contribution in [0, 0.1) is 22.9 Å². The van der Waals surface area contributed by atoms with Crippen LogP contribution in [0.2, 0.25) is 0 Å². The summed E-state index contributed by atoms with van der Waals surface area (Å²) in [6, 6.07) is 0.776. The third-order valence-electron chi connectivity index (χ3n) is 4.30. The minimum absolute atomic E-state index is 0.153. The van der Waals surface area contributed by atoms with Gasteiger partial charge in [0.2, 0.25) is 10.0 Å². The van der Waals surface area contributed by atoms with E-state index in [4.69, 9.17) is 0 Å². The molecule has 8 heteroatoms. The maximum absolute atomic E-state index is 13.7. The Hall–Kier alpha value is -1.12. The van der Waals surface area contributed by atoms with Crippen LogP contribution in [0.5, 0.6) is 0 Å². The summed E-state index contributed by atoms with van der Waals surface area (Å²) in [5.74, 6) is -3.92. The van der Waals surface area contributed by atoms with Crippen molar-refractivity contribution in [1.82, 2.24) is 9.62 Å². The van der Waals surface area contributed by atoms with Crippen molar-refractivity contribution in [3.05, 3.63) is 29.6 Å². The molecule has 0 radical (unpaired) electrons.